The van der Waals surface area contributed by atoms with E-state index in [0.29, 0.717) is 30.3 Å². The second kappa shape index (κ2) is 8.72. The lowest BCUT2D eigenvalue weighted by atomic mass is 10.2. The highest BCUT2D eigenvalue weighted by Crippen LogP contribution is 2.26. The minimum atomic E-state index is -3.41. The summed E-state index contributed by atoms with van der Waals surface area (Å²) in [6, 6.07) is 6.78. The van der Waals surface area contributed by atoms with E-state index in [9.17, 15) is 8.42 Å². The second-order valence-electron chi connectivity index (χ2n) is 5.29. The predicted octanol–water partition coefficient (Wildman–Crippen LogP) is 2.27. The molecule has 1 unspecified atom stereocenters. The van der Waals surface area contributed by atoms with Gasteiger partial charge < -0.3 is 10.1 Å². The quantitative estimate of drug-likeness (QED) is 0.821. The zero-order chi connectivity index (χ0) is 15.3. The normalized spacial score (nSPS) is 18.9. The Hall–Kier alpha value is -0.820. The van der Waals surface area contributed by atoms with Gasteiger partial charge in [-0.2, -0.15) is 4.31 Å². The molecule has 1 fully saturated rings. The fourth-order valence-electron chi connectivity index (χ4n) is 2.63. The lowest BCUT2D eigenvalue weighted by Gasteiger charge is -2.24. The van der Waals surface area contributed by atoms with E-state index in [-0.39, 0.29) is 18.4 Å². The molecule has 0 spiro atoms. The van der Waals surface area contributed by atoms with E-state index < -0.39 is 10.0 Å². The number of halogens is 1. The van der Waals surface area contributed by atoms with E-state index >= 15 is 0 Å². The summed E-state index contributed by atoms with van der Waals surface area (Å²) in [6.07, 6.45) is 2.76. The van der Waals surface area contributed by atoms with Gasteiger partial charge in [0.2, 0.25) is 10.0 Å². The highest BCUT2D eigenvalue weighted by molar-refractivity contribution is 7.89. The first-order valence-corrected chi connectivity index (χ1v) is 8.93. The maximum atomic E-state index is 12.7. The number of hydrogen-bond acceptors (Lipinski definition) is 4. The molecular weight excluding hydrogens is 324 g/mol. The predicted molar refractivity (Wildman–Crippen MR) is 90.3 cm³/mol. The maximum Gasteiger partial charge on any atom is 0.243 e. The average molecular weight is 349 g/mol. The van der Waals surface area contributed by atoms with Crippen molar-refractivity contribution in [3.05, 3.63) is 24.3 Å². The first kappa shape index (κ1) is 19.2. The summed E-state index contributed by atoms with van der Waals surface area (Å²) < 4.78 is 32.5. The van der Waals surface area contributed by atoms with Gasteiger partial charge in [0.25, 0.3) is 0 Å². The van der Waals surface area contributed by atoms with Crippen LogP contribution in [-0.2, 0) is 10.0 Å². The molecule has 0 amide bonds. The Kier molecular flexibility index (Phi) is 7.62. The van der Waals surface area contributed by atoms with E-state index in [0.717, 1.165) is 19.3 Å². The van der Waals surface area contributed by atoms with Crippen molar-refractivity contribution < 1.29 is 13.2 Å². The first-order chi connectivity index (χ1) is 10.1. The van der Waals surface area contributed by atoms with Crippen molar-refractivity contribution in [2.75, 3.05) is 26.7 Å². The Morgan fingerprint density at radius 3 is 2.59 bits per heavy atom. The lowest BCUT2D eigenvalue weighted by molar-refractivity contribution is 0.317. The molecule has 126 valence electrons. The Morgan fingerprint density at radius 2 is 2.00 bits per heavy atom. The fraction of sp³-hybridized carbons (Fsp3) is 0.600. The van der Waals surface area contributed by atoms with E-state index in [1.807, 2.05) is 14.0 Å². The van der Waals surface area contributed by atoms with Crippen molar-refractivity contribution in [1.82, 2.24) is 9.62 Å². The highest BCUT2D eigenvalue weighted by Gasteiger charge is 2.34. The summed E-state index contributed by atoms with van der Waals surface area (Å²) in [4.78, 5) is 0.342. The maximum absolute atomic E-state index is 12.7. The monoisotopic (exact) mass is 348 g/mol. The van der Waals surface area contributed by atoms with Crippen LogP contribution in [0, 0.1) is 0 Å². The Morgan fingerprint density at radius 1 is 1.32 bits per heavy atom. The van der Waals surface area contributed by atoms with Crippen LogP contribution >= 0.6 is 12.4 Å². The van der Waals surface area contributed by atoms with Crippen LogP contribution in [0.1, 0.15) is 26.2 Å². The average Bonchev–Trinajstić information content (AvgIpc) is 2.95. The molecule has 1 atom stereocenters. The number of nitrogens with zero attached hydrogens (tertiary/aromatic N) is 1. The van der Waals surface area contributed by atoms with E-state index in [2.05, 4.69) is 5.32 Å². The number of hydrogen-bond donors (Lipinski definition) is 1. The summed E-state index contributed by atoms with van der Waals surface area (Å²) in [7, 11) is -1.56. The van der Waals surface area contributed by atoms with Gasteiger partial charge in [-0.15, -0.1) is 12.4 Å². The van der Waals surface area contributed by atoms with Crippen LogP contribution in [0.5, 0.6) is 5.75 Å². The van der Waals surface area contributed by atoms with Crippen LogP contribution in [0.25, 0.3) is 0 Å². The van der Waals surface area contributed by atoms with Gasteiger partial charge in [-0.25, -0.2) is 8.42 Å². The van der Waals surface area contributed by atoms with Crippen LogP contribution in [0.4, 0.5) is 0 Å². The van der Waals surface area contributed by atoms with Gasteiger partial charge in [0.05, 0.1) is 11.5 Å². The summed E-state index contributed by atoms with van der Waals surface area (Å²) in [5.41, 5.74) is 0. The van der Waals surface area contributed by atoms with Crippen molar-refractivity contribution in [1.29, 1.82) is 0 Å². The van der Waals surface area contributed by atoms with Crippen LogP contribution in [0.3, 0.4) is 0 Å². The number of rotatable bonds is 7. The number of sulfonamides is 1. The molecule has 1 aliphatic rings. The molecular formula is C15H25ClN2O3S. The SMILES string of the molecule is CCCOc1ccc(S(=O)(=O)N2CCCC2CNC)cc1.Cl. The molecule has 22 heavy (non-hydrogen) atoms. The van der Waals surface area contributed by atoms with Crippen LogP contribution in [-0.4, -0.2) is 45.5 Å². The molecule has 7 heteroatoms. The molecule has 1 heterocycles. The molecule has 5 nitrogen and oxygen atoms in total. The molecule has 0 bridgehead atoms. The molecule has 1 saturated heterocycles. The zero-order valence-corrected chi connectivity index (χ0v) is 14.8. The number of benzene rings is 1. The van der Waals surface area contributed by atoms with E-state index in [1.165, 1.54) is 0 Å². The van der Waals surface area contributed by atoms with Gasteiger partial charge in [-0.1, -0.05) is 6.92 Å². The summed E-state index contributed by atoms with van der Waals surface area (Å²) >= 11 is 0. The standard InChI is InChI=1S/C15H24N2O3S.ClH/c1-3-11-20-14-6-8-15(9-7-14)21(18,19)17-10-4-5-13(17)12-16-2;/h6-9,13,16H,3-5,10-12H2,1-2H3;1H. The Bertz CT molecular complexity index is 548. The molecule has 0 aromatic heterocycles. The molecule has 2 rings (SSSR count). The smallest absolute Gasteiger partial charge is 0.243 e. The summed E-state index contributed by atoms with van der Waals surface area (Å²) in [6.45, 7) is 3.97. The third-order valence-electron chi connectivity index (χ3n) is 3.67. The summed E-state index contributed by atoms with van der Waals surface area (Å²) in [5.74, 6) is 0.712. The molecule has 1 aliphatic heterocycles. The Labute approximate surface area is 139 Å². The minimum Gasteiger partial charge on any atom is -0.494 e. The van der Waals surface area contributed by atoms with Crippen LogP contribution in [0.2, 0.25) is 0 Å². The van der Waals surface area contributed by atoms with Crippen molar-refractivity contribution in [3.63, 3.8) is 0 Å². The second-order valence-corrected chi connectivity index (χ2v) is 7.18. The summed E-state index contributed by atoms with van der Waals surface area (Å²) in [5, 5.41) is 3.07. The Balaban J connectivity index is 0.00000242. The third kappa shape index (κ3) is 4.35. The van der Waals surface area contributed by atoms with Crippen molar-refractivity contribution in [3.8, 4) is 5.75 Å². The topological polar surface area (TPSA) is 58.6 Å². The lowest BCUT2D eigenvalue weighted by Crippen LogP contribution is -2.40. The van der Waals surface area contributed by atoms with Crippen molar-refractivity contribution in [2.45, 2.75) is 37.1 Å². The molecule has 0 saturated carbocycles. The third-order valence-corrected chi connectivity index (χ3v) is 5.63. The molecule has 1 N–H and O–H groups in total. The molecule has 1 aromatic carbocycles. The van der Waals surface area contributed by atoms with Gasteiger partial charge >= 0.3 is 0 Å². The van der Waals surface area contributed by atoms with Crippen molar-refractivity contribution >= 4 is 22.4 Å². The van der Waals surface area contributed by atoms with Crippen LogP contribution in [0.15, 0.2) is 29.2 Å². The van der Waals surface area contributed by atoms with E-state index in [4.69, 9.17) is 4.74 Å². The number of nitrogens with one attached hydrogen (secondary N) is 1. The fourth-order valence-corrected chi connectivity index (χ4v) is 4.32. The van der Waals surface area contributed by atoms with Gasteiger partial charge in [0.15, 0.2) is 0 Å². The highest BCUT2D eigenvalue weighted by atomic mass is 35.5. The van der Waals surface area contributed by atoms with E-state index in [1.54, 1.807) is 28.6 Å². The van der Waals surface area contributed by atoms with Gasteiger partial charge in [0, 0.05) is 19.1 Å². The zero-order valence-electron chi connectivity index (χ0n) is 13.1. The van der Waals surface area contributed by atoms with Gasteiger partial charge in [-0.3, -0.25) is 0 Å². The molecule has 1 aromatic rings. The number of ether oxygens (including phenoxy) is 1. The van der Waals surface area contributed by atoms with Crippen molar-refractivity contribution in [2.24, 2.45) is 0 Å². The van der Waals surface area contributed by atoms with Crippen LogP contribution < -0.4 is 10.1 Å². The van der Waals surface area contributed by atoms with Gasteiger partial charge in [0.1, 0.15) is 5.75 Å². The largest absolute Gasteiger partial charge is 0.494 e. The van der Waals surface area contributed by atoms with Gasteiger partial charge in [-0.05, 0) is 50.6 Å². The number of likely N-dealkylation sites (N-methyl/N-ethyl adjacent to an activating group) is 1. The molecule has 0 aliphatic carbocycles. The first-order valence-electron chi connectivity index (χ1n) is 7.49. The molecule has 0 radical (unpaired) electrons. The minimum absolute atomic E-state index is 0.